The average Bonchev–Trinajstić information content (AvgIpc) is 2.59. The van der Waals surface area contributed by atoms with Crippen LogP contribution in [-0.2, 0) is 33.2 Å². The van der Waals surface area contributed by atoms with E-state index in [1.165, 1.54) is 0 Å². The number of carbonyl (C=O) groups is 1. The highest BCUT2D eigenvalue weighted by Gasteiger charge is 2.18. The molecule has 0 saturated carbocycles. The molecule has 0 bridgehead atoms. The summed E-state index contributed by atoms with van der Waals surface area (Å²) in [6.07, 6.45) is -0.543. The number of sulfonamides is 1. The van der Waals surface area contributed by atoms with Gasteiger partial charge in [0.15, 0.2) is 6.17 Å². The summed E-state index contributed by atoms with van der Waals surface area (Å²) in [5.74, 6) is -0.668. The maximum Gasteiger partial charge on any atom is 0.255 e. The topological polar surface area (TPSA) is 75.3 Å². The first kappa shape index (κ1) is 21.9. The van der Waals surface area contributed by atoms with E-state index in [0.29, 0.717) is 5.69 Å². The Morgan fingerprint density at radius 2 is 1.54 bits per heavy atom. The second kappa shape index (κ2) is 8.73. The van der Waals surface area contributed by atoms with Gasteiger partial charge in [0, 0.05) is 18.7 Å². The molecule has 5 nitrogen and oxygen atoms in total. The monoisotopic (exact) mass is 406 g/mol. The number of rotatable bonds is 7. The Morgan fingerprint density at radius 1 is 1.00 bits per heavy atom. The first-order valence-electron chi connectivity index (χ1n) is 9.02. The minimum absolute atomic E-state index is 0.0213. The van der Waals surface area contributed by atoms with Gasteiger partial charge in [0.2, 0.25) is 10.0 Å². The summed E-state index contributed by atoms with van der Waals surface area (Å²) in [6, 6.07) is 14.2. The molecule has 0 aliphatic carbocycles. The van der Waals surface area contributed by atoms with Crippen molar-refractivity contribution >= 4 is 21.6 Å². The van der Waals surface area contributed by atoms with E-state index in [-0.39, 0.29) is 18.4 Å². The van der Waals surface area contributed by atoms with Gasteiger partial charge in [-0.3, -0.25) is 9.52 Å². The molecular formula is C21H27FN2O3S. The first-order valence-corrected chi connectivity index (χ1v) is 10.9. The van der Waals surface area contributed by atoms with Crippen LogP contribution in [0.25, 0.3) is 0 Å². The number of benzene rings is 2. The minimum atomic E-state index is -3.34. The molecule has 0 spiro atoms. The van der Waals surface area contributed by atoms with Crippen LogP contribution < -0.4 is 10.0 Å². The number of hydrogen-bond acceptors (Lipinski definition) is 3. The fourth-order valence-corrected chi connectivity index (χ4v) is 3.21. The van der Waals surface area contributed by atoms with Gasteiger partial charge in [0.05, 0.1) is 6.26 Å². The first-order chi connectivity index (χ1) is 12.9. The third-order valence-electron chi connectivity index (χ3n) is 4.24. The molecular weight excluding hydrogens is 379 g/mol. The number of halogens is 1. The highest BCUT2D eigenvalue weighted by atomic mass is 32.2. The van der Waals surface area contributed by atoms with E-state index in [0.717, 1.165) is 22.9 Å². The van der Waals surface area contributed by atoms with Crippen molar-refractivity contribution in [3.8, 4) is 0 Å². The van der Waals surface area contributed by atoms with E-state index in [2.05, 4.69) is 30.8 Å². The third-order valence-corrected chi connectivity index (χ3v) is 4.85. The van der Waals surface area contributed by atoms with E-state index in [1.807, 2.05) is 24.3 Å². The van der Waals surface area contributed by atoms with Crippen molar-refractivity contribution in [2.45, 2.75) is 45.3 Å². The molecule has 0 aliphatic heterocycles. The molecule has 1 amide bonds. The van der Waals surface area contributed by atoms with Gasteiger partial charge in [-0.2, -0.15) is 0 Å². The quantitative estimate of drug-likeness (QED) is 0.738. The van der Waals surface area contributed by atoms with Crippen molar-refractivity contribution in [3.63, 3.8) is 0 Å². The second-order valence-corrected chi connectivity index (χ2v) is 9.66. The lowest BCUT2D eigenvalue weighted by atomic mass is 9.86. The van der Waals surface area contributed by atoms with Crippen LogP contribution in [0.4, 0.5) is 10.1 Å². The van der Waals surface area contributed by atoms with E-state index >= 15 is 0 Å². The van der Waals surface area contributed by atoms with Crippen molar-refractivity contribution < 1.29 is 17.6 Å². The molecule has 2 N–H and O–H groups in total. The van der Waals surface area contributed by atoms with Crippen LogP contribution in [0.5, 0.6) is 0 Å². The molecule has 0 saturated heterocycles. The fraction of sp³-hybridized carbons (Fsp3) is 0.381. The van der Waals surface area contributed by atoms with Gasteiger partial charge < -0.3 is 5.32 Å². The van der Waals surface area contributed by atoms with Crippen LogP contribution in [0.2, 0.25) is 0 Å². The van der Waals surface area contributed by atoms with Crippen LogP contribution in [0.1, 0.15) is 37.5 Å². The van der Waals surface area contributed by atoms with E-state index in [1.54, 1.807) is 24.3 Å². The van der Waals surface area contributed by atoms with Gasteiger partial charge in [-0.25, -0.2) is 12.8 Å². The number of carbonyl (C=O) groups excluding carboxylic acids is 1. The summed E-state index contributed by atoms with van der Waals surface area (Å²) in [5, 5.41) is 2.57. The smallest absolute Gasteiger partial charge is 0.255 e. The summed E-state index contributed by atoms with van der Waals surface area (Å²) in [6.45, 7) is 6.49. The predicted molar refractivity (Wildman–Crippen MR) is 110 cm³/mol. The summed E-state index contributed by atoms with van der Waals surface area (Å²) >= 11 is 0. The Hall–Kier alpha value is -2.41. The van der Waals surface area contributed by atoms with Gasteiger partial charge in [-0.05, 0) is 34.2 Å². The summed E-state index contributed by atoms with van der Waals surface area (Å²) in [5.41, 5.74) is 3.13. The van der Waals surface area contributed by atoms with Crippen LogP contribution in [-0.4, -0.2) is 26.8 Å². The second-order valence-electron chi connectivity index (χ2n) is 7.91. The molecule has 0 heterocycles. The maximum atomic E-state index is 14.3. The number of hydrogen-bond donors (Lipinski definition) is 2. The highest BCUT2D eigenvalue weighted by molar-refractivity contribution is 7.92. The summed E-state index contributed by atoms with van der Waals surface area (Å²) < 4.78 is 39.0. The van der Waals surface area contributed by atoms with Crippen LogP contribution in [0, 0.1) is 0 Å². The SMILES string of the molecule is CC(C)(C)c1ccc(CC(F)C(=O)NCc2ccc(NS(C)(=O)=O)cc2)cc1. The summed E-state index contributed by atoms with van der Waals surface area (Å²) in [7, 11) is -3.34. The Bertz CT molecular complexity index is 902. The number of alkyl halides is 1. The lowest BCUT2D eigenvalue weighted by molar-refractivity contribution is -0.126. The van der Waals surface area contributed by atoms with Gasteiger partial charge in [0.1, 0.15) is 0 Å². The number of amides is 1. The molecule has 7 heteroatoms. The third kappa shape index (κ3) is 6.96. The van der Waals surface area contributed by atoms with E-state index in [4.69, 9.17) is 0 Å². The molecule has 2 aromatic carbocycles. The Labute approximate surface area is 166 Å². The molecule has 2 aromatic rings. The molecule has 152 valence electrons. The van der Waals surface area contributed by atoms with Gasteiger partial charge in [0.25, 0.3) is 5.91 Å². The Morgan fingerprint density at radius 3 is 2.04 bits per heavy atom. The lowest BCUT2D eigenvalue weighted by Gasteiger charge is -2.19. The lowest BCUT2D eigenvalue weighted by Crippen LogP contribution is -2.32. The number of nitrogens with one attached hydrogen (secondary N) is 2. The van der Waals surface area contributed by atoms with Crippen molar-refractivity contribution in [1.29, 1.82) is 0 Å². The molecule has 2 rings (SSSR count). The molecule has 0 radical (unpaired) electrons. The Kier molecular flexibility index (Phi) is 6.82. The predicted octanol–water partition coefficient (Wildman–Crippen LogP) is 3.55. The molecule has 0 aliphatic rings. The molecule has 1 unspecified atom stereocenters. The Balaban J connectivity index is 1.87. The standard InChI is InChI=1S/C21H27FN2O3S/c1-21(2,3)17-9-5-15(6-10-17)13-19(22)20(25)23-14-16-7-11-18(12-8-16)24-28(4,26)27/h5-12,19,24H,13-14H2,1-4H3,(H,23,25). The largest absolute Gasteiger partial charge is 0.349 e. The summed E-state index contributed by atoms with van der Waals surface area (Å²) in [4.78, 5) is 12.0. The maximum absolute atomic E-state index is 14.3. The normalized spacial score (nSPS) is 13.0. The molecule has 1 atom stereocenters. The van der Waals surface area contributed by atoms with Crippen LogP contribution in [0.15, 0.2) is 48.5 Å². The fourth-order valence-electron chi connectivity index (χ4n) is 2.65. The highest BCUT2D eigenvalue weighted by Crippen LogP contribution is 2.22. The molecule has 0 aromatic heterocycles. The zero-order valence-electron chi connectivity index (χ0n) is 16.6. The zero-order chi connectivity index (χ0) is 20.9. The minimum Gasteiger partial charge on any atom is -0.349 e. The molecule has 28 heavy (non-hydrogen) atoms. The van der Waals surface area contributed by atoms with Crippen LogP contribution >= 0.6 is 0 Å². The van der Waals surface area contributed by atoms with E-state index < -0.39 is 22.1 Å². The van der Waals surface area contributed by atoms with Crippen molar-refractivity contribution in [1.82, 2.24) is 5.32 Å². The van der Waals surface area contributed by atoms with E-state index in [9.17, 15) is 17.6 Å². The van der Waals surface area contributed by atoms with Crippen molar-refractivity contribution in [2.24, 2.45) is 0 Å². The van der Waals surface area contributed by atoms with Crippen molar-refractivity contribution in [2.75, 3.05) is 11.0 Å². The average molecular weight is 407 g/mol. The zero-order valence-corrected chi connectivity index (χ0v) is 17.4. The van der Waals surface area contributed by atoms with Gasteiger partial charge >= 0.3 is 0 Å². The van der Waals surface area contributed by atoms with Crippen molar-refractivity contribution in [3.05, 3.63) is 65.2 Å². The van der Waals surface area contributed by atoms with Gasteiger partial charge in [-0.1, -0.05) is 57.2 Å². The molecule has 0 fully saturated rings. The van der Waals surface area contributed by atoms with Gasteiger partial charge in [-0.15, -0.1) is 0 Å². The number of anilines is 1. The van der Waals surface area contributed by atoms with Crippen LogP contribution in [0.3, 0.4) is 0 Å².